The van der Waals surface area contributed by atoms with E-state index in [-0.39, 0.29) is 24.0 Å². The van der Waals surface area contributed by atoms with Crippen molar-refractivity contribution in [2.45, 2.75) is 71.9 Å². The summed E-state index contributed by atoms with van der Waals surface area (Å²) in [5.74, 6) is 1.79. The quantitative estimate of drug-likeness (QED) is 0.413. The Balaban J connectivity index is 0.00000288. The number of aliphatic imine (C=N–C) groups is 1. The maximum atomic E-state index is 4.64. The Hall–Kier alpha value is -0.790. The van der Waals surface area contributed by atoms with E-state index in [0.29, 0.717) is 6.04 Å². The molecule has 0 aromatic carbocycles. The zero-order chi connectivity index (χ0) is 16.8. The van der Waals surface area contributed by atoms with Crippen LogP contribution >= 0.6 is 24.0 Å². The van der Waals surface area contributed by atoms with E-state index in [2.05, 4.69) is 41.5 Å². The number of nitrogens with one attached hydrogen (secondary N) is 2. The first-order chi connectivity index (χ1) is 11.1. The predicted molar refractivity (Wildman–Crippen MR) is 112 cm³/mol. The van der Waals surface area contributed by atoms with E-state index in [4.69, 9.17) is 0 Å². The van der Waals surface area contributed by atoms with Crippen molar-refractivity contribution in [2.75, 3.05) is 7.05 Å². The van der Waals surface area contributed by atoms with Crippen molar-refractivity contribution in [1.82, 2.24) is 20.4 Å². The summed E-state index contributed by atoms with van der Waals surface area (Å²) in [7, 11) is 3.89. The molecule has 1 aliphatic carbocycles. The predicted octanol–water partition coefficient (Wildman–Crippen LogP) is 3.41. The Morgan fingerprint density at radius 1 is 1.21 bits per heavy atom. The summed E-state index contributed by atoms with van der Waals surface area (Å²) in [4.78, 5) is 4.40. The third-order valence-corrected chi connectivity index (χ3v) is 5.04. The number of hydrogen-bond donors (Lipinski definition) is 2. The molecule has 1 heterocycles. The molecule has 0 amide bonds. The monoisotopic (exact) mass is 447 g/mol. The summed E-state index contributed by atoms with van der Waals surface area (Å²) in [6, 6.07) is 0.558. The molecule has 0 spiro atoms. The first kappa shape index (κ1) is 21.3. The minimum Gasteiger partial charge on any atom is -0.354 e. The summed E-state index contributed by atoms with van der Waals surface area (Å²) in [5.41, 5.74) is 3.84. The average molecular weight is 447 g/mol. The molecule has 1 aromatic rings. The number of aryl methyl sites for hydroxylation is 2. The normalized spacial score (nSPS) is 21.3. The van der Waals surface area contributed by atoms with E-state index < -0.39 is 0 Å². The Morgan fingerprint density at radius 3 is 2.42 bits per heavy atom. The van der Waals surface area contributed by atoms with E-state index >= 15 is 0 Å². The molecule has 138 valence electrons. The fraction of sp³-hybridized carbons (Fsp3) is 0.778. The van der Waals surface area contributed by atoms with Gasteiger partial charge in [-0.1, -0.05) is 20.8 Å². The van der Waals surface area contributed by atoms with Crippen LogP contribution in [0.2, 0.25) is 0 Å². The minimum atomic E-state index is 0. The van der Waals surface area contributed by atoms with Gasteiger partial charge in [0.25, 0.3) is 0 Å². The molecule has 1 aromatic heterocycles. The first-order valence-electron chi connectivity index (χ1n) is 9.09. The van der Waals surface area contributed by atoms with Crippen LogP contribution in [0.25, 0.3) is 0 Å². The molecular formula is C18H34IN5. The number of guanidine groups is 1. The molecule has 1 saturated carbocycles. The van der Waals surface area contributed by atoms with Gasteiger partial charge in [0.05, 0.1) is 5.69 Å². The Morgan fingerprint density at radius 2 is 1.88 bits per heavy atom. The lowest BCUT2D eigenvalue weighted by molar-refractivity contribution is 0.329. The number of aromatic nitrogens is 2. The van der Waals surface area contributed by atoms with E-state index in [1.807, 2.05) is 18.8 Å². The summed E-state index contributed by atoms with van der Waals surface area (Å²) in [6.07, 6.45) is 7.10. The number of halogens is 1. The Labute approximate surface area is 164 Å². The molecule has 0 aliphatic heterocycles. The highest BCUT2D eigenvalue weighted by Gasteiger charge is 2.19. The first-order valence-corrected chi connectivity index (χ1v) is 9.09. The zero-order valence-corrected chi connectivity index (χ0v) is 18.2. The molecule has 1 aliphatic rings. The van der Waals surface area contributed by atoms with Crippen molar-refractivity contribution in [3.63, 3.8) is 0 Å². The molecule has 0 radical (unpaired) electrons. The third kappa shape index (κ3) is 5.36. The highest BCUT2D eigenvalue weighted by Crippen LogP contribution is 2.23. The lowest BCUT2D eigenvalue weighted by Gasteiger charge is -2.28. The molecule has 2 rings (SSSR count). The van der Waals surface area contributed by atoms with Gasteiger partial charge in [-0.2, -0.15) is 5.10 Å². The van der Waals surface area contributed by atoms with Gasteiger partial charge in [-0.3, -0.25) is 9.67 Å². The van der Waals surface area contributed by atoms with Crippen molar-refractivity contribution in [3.8, 4) is 0 Å². The van der Waals surface area contributed by atoms with Crippen molar-refractivity contribution >= 4 is 29.9 Å². The summed E-state index contributed by atoms with van der Waals surface area (Å²) >= 11 is 0. The van der Waals surface area contributed by atoms with Gasteiger partial charge >= 0.3 is 0 Å². The van der Waals surface area contributed by atoms with Crippen LogP contribution < -0.4 is 10.6 Å². The van der Waals surface area contributed by atoms with Gasteiger partial charge in [-0.15, -0.1) is 24.0 Å². The Bertz CT molecular complexity index is 530. The molecule has 2 N–H and O–H groups in total. The van der Waals surface area contributed by atoms with Gasteiger partial charge in [-0.25, -0.2) is 0 Å². The highest BCUT2D eigenvalue weighted by atomic mass is 127. The van der Waals surface area contributed by atoms with Crippen LogP contribution in [0.4, 0.5) is 0 Å². The van der Waals surface area contributed by atoms with Gasteiger partial charge in [0.15, 0.2) is 5.96 Å². The van der Waals surface area contributed by atoms with Crippen molar-refractivity contribution in [3.05, 3.63) is 17.0 Å². The molecule has 1 fully saturated rings. The van der Waals surface area contributed by atoms with E-state index in [1.165, 1.54) is 42.6 Å². The summed E-state index contributed by atoms with van der Waals surface area (Å²) in [6.45, 7) is 7.50. The van der Waals surface area contributed by atoms with Crippen LogP contribution in [0.5, 0.6) is 0 Å². The number of rotatable bonds is 5. The second-order valence-electron chi connectivity index (χ2n) is 6.73. The van der Waals surface area contributed by atoms with Gasteiger partial charge < -0.3 is 10.6 Å². The molecule has 6 heteroatoms. The fourth-order valence-corrected chi connectivity index (χ4v) is 3.56. The second kappa shape index (κ2) is 10.3. The van der Waals surface area contributed by atoms with E-state index in [9.17, 15) is 0 Å². The SMILES string of the molecule is CCc1nn(C)c(CC)c1CNC(=NC)NC1CCC(C)CC1.I. The standard InChI is InChI=1S/C18H33N5.HI/c1-6-16-15(17(7-2)23(5)22-16)12-20-18(19-4)21-14-10-8-13(3)9-11-14;/h13-14H,6-12H2,1-5H3,(H2,19,20,21);1H. The largest absolute Gasteiger partial charge is 0.354 e. The molecule has 24 heavy (non-hydrogen) atoms. The van der Waals surface area contributed by atoms with Crippen molar-refractivity contribution < 1.29 is 0 Å². The number of nitrogens with zero attached hydrogens (tertiary/aromatic N) is 3. The smallest absolute Gasteiger partial charge is 0.191 e. The van der Waals surface area contributed by atoms with Crippen LogP contribution in [-0.2, 0) is 26.4 Å². The average Bonchev–Trinajstić information content (AvgIpc) is 2.88. The van der Waals surface area contributed by atoms with Gasteiger partial charge in [0.2, 0.25) is 0 Å². The van der Waals surface area contributed by atoms with Crippen molar-refractivity contribution in [2.24, 2.45) is 18.0 Å². The van der Waals surface area contributed by atoms with Gasteiger partial charge in [0, 0.05) is 37.9 Å². The van der Waals surface area contributed by atoms with E-state index in [0.717, 1.165) is 31.3 Å². The fourth-order valence-electron chi connectivity index (χ4n) is 3.56. The summed E-state index contributed by atoms with van der Waals surface area (Å²) in [5, 5.41) is 11.7. The maximum absolute atomic E-state index is 4.64. The van der Waals surface area contributed by atoms with Crippen LogP contribution in [0.1, 0.15) is 63.4 Å². The van der Waals surface area contributed by atoms with E-state index in [1.54, 1.807) is 0 Å². The molecule has 0 saturated heterocycles. The minimum absolute atomic E-state index is 0. The van der Waals surface area contributed by atoms with Crippen LogP contribution in [0.15, 0.2) is 4.99 Å². The third-order valence-electron chi connectivity index (χ3n) is 5.04. The Kier molecular flexibility index (Phi) is 9.08. The van der Waals surface area contributed by atoms with Gasteiger partial charge in [0.1, 0.15) is 0 Å². The lowest BCUT2D eigenvalue weighted by atomic mass is 9.87. The van der Waals surface area contributed by atoms with Gasteiger partial charge in [-0.05, 0) is 44.4 Å². The van der Waals surface area contributed by atoms with Crippen LogP contribution in [-0.4, -0.2) is 28.8 Å². The molecule has 0 unspecified atom stereocenters. The molecule has 5 nitrogen and oxygen atoms in total. The maximum Gasteiger partial charge on any atom is 0.191 e. The zero-order valence-electron chi connectivity index (χ0n) is 15.9. The molecular weight excluding hydrogens is 413 g/mol. The van der Waals surface area contributed by atoms with Crippen molar-refractivity contribution in [1.29, 1.82) is 0 Å². The highest BCUT2D eigenvalue weighted by molar-refractivity contribution is 14.0. The lowest BCUT2D eigenvalue weighted by Crippen LogP contribution is -2.44. The topological polar surface area (TPSA) is 54.2 Å². The van der Waals surface area contributed by atoms with Crippen LogP contribution in [0.3, 0.4) is 0 Å². The molecule has 0 bridgehead atoms. The summed E-state index contributed by atoms with van der Waals surface area (Å²) < 4.78 is 2.02. The second-order valence-corrected chi connectivity index (χ2v) is 6.73. The van der Waals surface area contributed by atoms with Crippen LogP contribution in [0, 0.1) is 5.92 Å². The number of hydrogen-bond acceptors (Lipinski definition) is 2. The molecule has 0 atom stereocenters.